The van der Waals surface area contributed by atoms with Crippen molar-refractivity contribution in [3.8, 4) is 0 Å². The van der Waals surface area contributed by atoms with Crippen LogP contribution in [0.4, 0.5) is 0 Å². The van der Waals surface area contributed by atoms with Crippen molar-refractivity contribution in [2.24, 2.45) is 17.3 Å². The molecule has 0 saturated heterocycles. The zero-order valence-corrected chi connectivity index (χ0v) is 8.71. The highest BCUT2D eigenvalue weighted by atomic mass is 16.1. The third kappa shape index (κ3) is 2.09. The van der Waals surface area contributed by atoms with Gasteiger partial charge in [0.25, 0.3) is 0 Å². The van der Waals surface area contributed by atoms with E-state index in [9.17, 15) is 4.79 Å². The lowest BCUT2D eigenvalue weighted by Crippen LogP contribution is -2.28. The summed E-state index contributed by atoms with van der Waals surface area (Å²) >= 11 is 0. The molecule has 0 amide bonds. The lowest BCUT2D eigenvalue weighted by Gasteiger charge is -2.37. The smallest absolute Gasteiger partial charge is 0.126 e. The van der Waals surface area contributed by atoms with Crippen molar-refractivity contribution in [2.45, 2.75) is 27.2 Å². The summed E-state index contributed by atoms with van der Waals surface area (Å²) in [4.78, 5) is 10.7. The number of rotatable bonds is 2. The number of carbonyl (C=O) groups excluding carboxylic acids is 1. The van der Waals surface area contributed by atoms with Crippen LogP contribution in [0.1, 0.15) is 27.2 Å². The molecule has 0 fully saturated rings. The van der Waals surface area contributed by atoms with Crippen LogP contribution in [0, 0.1) is 17.3 Å². The predicted octanol–water partition coefficient (Wildman–Crippen LogP) is 2.98. The van der Waals surface area contributed by atoms with Gasteiger partial charge in [-0.2, -0.15) is 0 Å². The molecule has 2 unspecified atom stereocenters. The van der Waals surface area contributed by atoms with E-state index in [1.54, 1.807) is 0 Å². The summed E-state index contributed by atoms with van der Waals surface area (Å²) in [5, 5.41) is 0. The zero-order valence-electron chi connectivity index (χ0n) is 8.71. The highest BCUT2D eigenvalue weighted by molar-refractivity contribution is 5.57. The Balaban J connectivity index is 2.89. The average molecular weight is 178 g/mol. The van der Waals surface area contributed by atoms with Crippen molar-refractivity contribution in [1.82, 2.24) is 0 Å². The molecule has 0 aromatic carbocycles. The van der Waals surface area contributed by atoms with Crippen LogP contribution in [0.2, 0.25) is 0 Å². The Bertz CT molecular complexity index is 248. The minimum Gasteiger partial charge on any atom is -0.303 e. The molecule has 0 aromatic heterocycles. The molecule has 0 saturated carbocycles. The maximum absolute atomic E-state index is 10.7. The van der Waals surface area contributed by atoms with Crippen LogP contribution in [0.15, 0.2) is 24.3 Å². The van der Waals surface area contributed by atoms with Crippen molar-refractivity contribution in [1.29, 1.82) is 0 Å². The molecule has 0 spiro atoms. The van der Waals surface area contributed by atoms with E-state index in [2.05, 4.69) is 26.5 Å². The van der Waals surface area contributed by atoms with E-state index >= 15 is 0 Å². The van der Waals surface area contributed by atoms with E-state index in [-0.39, 0.29) is 11.3 Å². The lowest BCUT2D eigenvalue weighted by atomic mass is 9.67. The first-order valence-electron chi connectivity index (χ1n) is 4.77. The number of hydrogen-bond donors (Lipinski definition) is 0. The maximum Gasteiger partial charge on any atom is 0.126 e. The zero-order chi connectivity index (χ0) is 10.1. The van der Waals surface area contributed by atoms with Crippen LogP contribution in [-0.4, -0.2) is 6.29 Å². The van der Waals surface area contributed by atoms with Gasteiger partial charge in [-0.15, -0.1) is 0 Å². The Morgan fingerprint density at radius 3 is 2.69 bits per heavy atom. The van der Waals surface area contributed by atoms with Crippen LogP contribution >= 0.6 is 0 Å². The van der Waals surface area contributed by atoms with Gasteiger partial charge in [-0.3, -0.25) is 0 Å². The summed E-state index contributed by atoms with van der Waals surface area (Å²) in [6.07, 6.45) is 6.12. The molecule has 13 heavy (non-hydrogen) atoms. The van der Waals surface area contributed by atoms with E-state index in [0.717, 1.165) is 12.7 Å². The Morgan fingerprint density at radius 1 is 1.62 bits per heavy atom. The average Bonchev–Trinajstić information content (AvgIpc) is 2.03. The molecule has 1 nitrogen and oxygen atoms in total. The highest BCUT2D eigenvalue weighted by Crippen LogP contribution is 2.41. The van der Waals surface area contributed by atoms with Crippen molar-refractivity contribution in [2.75, 3.05) is 0 Å². The summed E-state index contributed by atoms with van der Waals surface area (Å²) in [7, 11) is 0. The van der Waals surface area contributed by atoms with Crippen LogP contribution in [-0.2, 0) is 4.79 Å². The maximum atomic E-state index is 10.7. The third-order valence-corrected chi connectivity index (χ3v) is 2.95. The summed E-state index contributed by atoms with van der Waals surface area (Å²) in [6.45, 7) is 10.4. The van der Waals surface area contributed by atoms with Crippen molar-refractivity contribution in [3.63, 3.8) is 0 Å². The second-order valence-corrected chi connectivity index (χ2v) is 4.62. The largest absolute Gasteiger partial charge is 0.303 e. The molecule has 0 aliphatic heterocycles. The first-order chi connectivity index (χ1) is 5.97. The molecular weight excluding hydrogens is 160 g/mol. The molecule has 2 atom stereocenters. The highest BCUT2D eigenvalue weighted by Gasteiger charge is 2.32. The van der Waals surface area contributed by atoms with Gasteiger partial charge in [0, 0.05) is 5.92 Å². The number of carbonyl (C=O) groups is 1. The molecule has 0 N–H and O–H groups in total. The van der Waals surface area contributed by atoms with Gasteiger partial charge in [0.05, 0.1) is 0 Å². The molecule has 0 heterocycles. The van der Waals surface area contributed by atoms with Gasteiger partial charge >= 0.3 is 0 Å². The first kappa shape index (κ1) is 10.2. The summed E-state index contributed by atoms with van der Waals surface area (Å²) in [5.74, 6) is 0.530. The van der Waals surface area contributed by atoms with Crippen LogP contribution in [0.3, 0.4) is 0 Å². The molecular formula is C12H18O. The molecule has 0 aromatic rings. The quantitative estimate of drug-likeness (QED) is 0.469. The monoisotopic (exact) mass is 178 g/mol. The third-order valence-electron chi connectivity index (χ3n) is 2.95. The van der Waals surface area contributed by atoms with Gasteiger partial charge < -0.3 is 4.79 Å². The van der Waals surface area contributed by atoms with Gasteiger partial charge in [-0.25, -0.2) is 0 Å². The Kier molecular flexibility index (Phi) is 2.74. The molecule has 0 bridgehead atoms. The number of allylic oxidation sites excluding steroid dienone is 3. The SMILES string of the molecule is C=C(C)C1CC(C=O)C=CC1(C)C. The molecule has 0 radical (unpaired) electrons. The van der Waals surface area contributed by atoms with Gasteiger partial charge in [-0.05, 0) is 24.7 Å². The van der Waals surface area contributed by atoms with E-state index in [1.807, 2.05) is 13.0 Å². The summed E-state index contributed by atoms with van der Waals surface area (Å²) in [6, 6.07) is 0. The molecule has 1 rings (SSSR count). The fraction of sp³-hybridized carbons (Fsp3) is 0.583. The fourth-order valence-electron chi connectivity index (χ4n) is 2.08. The van der Waals surface area contributed by atoms with Gasteiger partial charge in [-0.1, -0.05) is 38.2 Å². The van der Waals surface area contributed by atoms with Crippen molar-refractivity contribution >= 4 is 6.29 Å². The Labute approximate surface area is 80.5 Å². The number of hydrogen-bond acceptors (Lipinski definition) is 1. The van der Waals surface area contributed by atoms with Gasteiger partial charge in [0.15, 0.2) is 0 Å². The topological polar surface area (TPSA) is 17.1 Å². The van der Waals surface area contributed by atoms with Crippen LogP contribution in [0.5, 0.6) is 0 Å². The van der Waals surface area contributed by atoms with Crippen molar-refractivity contribution in [3.05, 3.63) is 24.3 Å². The fourth-order valence-corrected chi connectivity index (χ4v) is 2.08. The van der Waals surface area contributed by atoms with E-state index in [0.29, 0.717) is 5.92 Å². The second kappa shape index (κ2) is 3.49. The molecule has 1 aliphatic carbocycles. The summed E-state index contributed by atoms with van der Waals surface area (Å²) < 4.78 is 0. The molecule has 1 heteroatoms. The molecule has 72 valence electrons. The van der Waals surface area contributed by atoms with E-state index in [1.165, 1.54) is 5.57 Å². The minimum absolute atomic E-state index is 0.0923. The summed E-state index contributed by atoms with van der Waals surface area (Å²) in [5.41, 5.74) is 1.34. The van der Waals surface area contributed by atoms with E-state index < -0.39 is 0 Å². The molecule has 1 aliphatic rings. The normalized spacial score (nSPS) is 31.3. The van der Waals surface area contributed by atoms with Gasteiger partial charge in [0.1, 0.15) is 6.29 Å². The van der Waals surface area contributed by atoms with E-state index in [4.69, 9.17) is 0 Å². The Hall–Kier alpha value is -0.850. The first-order valence-corrected chi connectivity index (χ1v) is 4.77. The predicted molar refractivity (Wildman–Crippen MR) is 55.4 cm³/mol. The minimum atomic E-state index is 0.0923. The Morgan fingerprint density at radius 2 is 2.23 bits per heavy atom. The van der Waals surface area contributed by atoms with Crippen LogP contribution in [0.25, 0.3) is 0 Å². The van der Waals surface area contributed by atoms with Crippen molar-refractivity contribution < 1.29 is 4.79 Å². The lowest BCUT2D eigenvalue weighted by molar-refractivity contribution is -0.110. The van der Waals surface area contributed by atoms with Gasteiger partial charge in [0.2, 0.25) is 0 Å². The second-order valence-electron chi connectivity index (χ2n) is 4.62. The number of aldehydes is 1. The standard InChI is InChI=1S/C12H18O/c1-9(2)11-7-10(8-13)5-6-12(11,3)4/h5-6,8,10-11H,1,7H2,2-4H3. The van der Waals surface area contributed by atoms with Crippen LogP contribution < -0.4 is 0 Å².